The highest BCUT2D eigenvalue weighted by atomic mass is 16.6. The molecule has 0 fully saturated rings. The van der Waals surface area contributed by atoms with Gasteiger partial charge in [-0.3, -0.25) is 0 Å². The second kappa shape index (κ2) is 46.8. The maximum Gasteiger partial charge on any atom is 0.0701 e. The molecule has 0 amide bonds. The van der Waals surface area contributed by atoms with Crippen LogP contribution in [0.5, 0.6) is 0 Å². The van der Waals surface area contributed by atoms with E-state index in [1.54, 1.807) is 0 Å². The normalized spacial score (nSPS) is 11.6. The van der Waals surface area contributed by atoms with Gasteiger partial charge in [0.05, 0.1) is 66.1 Å². The van der Waals surface area contributed by atoms with E-state index in [-0.39, 0.29) is 0 Å². The fraction of sp³-hybridized carbons (Fsp3) is 1.00. The molecule has 0 rings (SSSR count). The zero-order valence-electron chi connectivity index (χ0n) is 32.7. The van der Waals surface area contributed by atoms with Crippen molar-refractivity contribution in [2.24, 2.45) is 0 Å². The Morgan fingerprint density at radius 2 is 0.312 bits per heavy atom. The van der Waals surface area contributed by atoms with Crippen molar-refractivity contribution in [3.63, 3.8) is 0 Å². The van der Waals surface area contributed by atoms with E-state index in [4.69, 9.17) is 28.4 Å². The molecule has 0 spiro atoms. The predicted molar refractivity (Wildman–Crippen MR) is 206 cm³/mol. The lowest BCUT2D eigenvalue weighted by Crippen LogP contribution is -2.14. The van der Waals surface area contributed by atoms with E-state index in [0.717, 1.165) is 13.2 Å². The molecule has 0 atom stereocenters. The van der Waals surface area contributed by atoms with Gasteiger partial charge in [0.15, 0.2) is 0 Å². The van der Waals surface area contributed by atoms with Gasteiger partial charge in [0.25, 0.3) is 0 Å². The highest BCUT2D eigenvalue weighted by molar-refractivity contribution is 4.51. The fourth-order valence-electron chi connectivity index (χ4n) is 6.00. The minimum atomic E-state index is 0.585. The molecule has 0 aliphatic rings. The molecule has 6 nitrogen and oxygen atoms in total. The van der Waals surface area contributed by atoms with Gasteiger partial charge in [0, 0.05) is 13.2 Å². The summed E-state index contributed by atoms with van der Waals surface area (Å²) >= 11 is 0. The van der Waals surface area contributed by atoms with Crippen molar-refractivity contribution in [1.29, 1.82) is 0 Å². The van der Waals surface area contributed by atoms with Crippen molar-refractivity contribution in [3.05, 3.63) is 0 Å². The average Bonchev–Trinajstić information content (AvgIpc) is 3.10. The number of unbranched alkanes of at least 4 members (excludes halogenated alkanes) is 26. The largest absolute Gasteiger partial charge is 0.379 e. The van der Waals surface area contributed by atoms with Gasteiger partial charge in [-0.05, 0) is 12.8 Å². The smallest absolute Gasteiger partial charge is 0.0701 e. The van der Waals surface area contributed by atoms with Crippen molar-refractivity contribution in [2.75, 3.05) is 79.3 Å². The molecule has 0 aliphatic heterocycles. The summed E-state index contributed by atoms with van der Waals surface area (Å²) in [6.07, 6.45) is 38.8. The second-order valence-corrected chi connectivity index (χ2v) is 13.9. The molecule has 0 aromatic rings. The van der Waals surface area contributed by atoms with E-state index in [1.165, 1.54) is 180 Å². The van der Waals surface area contributed by atoms with Crippen LogP contribution in [0.15, 0.2) is 0 Å². The van der Waals surface area contributed by atoms with Crippen LogP contribution in [-0.4, -0.2) is 79.3 Å². The van der Waals surface area contributed by atoms with Crippen molar-refractivity contribution in [3.8, 4) is 0 Å². The molecule has 0 aromatic heterocycles. The molecule has 0 heterocycles. The Morgan fingerprint density at radius 1 is 0.167 bits per heavy atom. The van der Waals surface area contributed by atoms with Crippen molar-refractivity contribution in [2.45, 2.75) is 194 Å². The zero-order valence-corrected chi connectivity index (χ0v) is 32.7. The molecule has 0 radical (unpaired) electrons. The Bertz CT molecular complexity index is 488. The summed E-state index contributed by atoms with van der Waals surface area (Å²) < 4.78 is 33.7. The van der Waals surface area contributed by atoms with Gasteiger partial charge in [-0.1, -0.05) is 181 Å². The van der Waals surface area contributed by atoms with Gasteiger partial charge < -0.3 is 28.4 Å². The van der Waals surface area contributed by atoms with Crippen LogP contribution in [0.1, 0.15) is 194 Å². The van der Waals surface area contributed by atoms with Crippen molar-refractivity contribution < 1.29 is 28.4 Å². The molecule has 6 heteroatoms. The molecule has 0 saturated carbocycles. The van der Waals surface area contributed by atoms with Crippen LogP contribution in [0, 0.1) is 0 Å². The summed E-state index contributed by atoms with van der Waals surface area (Å²) in [5.41, 5.74) is 0. The van der Waals surface area contributed by atoms with E-state index in [1.807, 2.05) is 0 Å². The molecule has 290 valence electrons. The van der Waals surface area contributed by atoms with E-state index >= 15 is 0 Å². The summed E-state index contributed by atoms with van der Waals surface area (Å²) in [7, 11) is 0. The first-order chi connectivity index (χ1) is 23.9. The van der Waals surface area contributed by atoms with Crippen molar-refractivity contribution in [1.82, 2.24) is 0 Å². The molecular formula is C42H86O6. The second-order valence-electron chi connectivity index (χ2n) is 13.9. The number of hydrogen-bond donors (Lipinski definition) is 0. The minimum absolute atomic E-state index is 0.585. The predicted octanol–water partition coefficient (Wildman–Crippen LogP) is 12.0. The van der Waals surface area contributed by atoms with Gasteiger partial charge in [-0.2, -0.15) is 0 Å². The quantitative estimate of drug-likeness (QED) is 0.0594. The van der Waals surface area contributed by atoms with E-state index < -0.39 is 0 Å². The fourth-order valence-corrected chi connectivity index (χ4v) is 6.00. The van der Waals surface area contributed by atoms with Crippen LogP contribution >= 0.6 is 0 Å². The van der Waals surface area contributed by atoms with Crippen LogP contribution < -0.4 is 0 Å². The van der Waals surface area contributed by atoms with Crippen LogP contribution in [-0.2, 0) is 28.4 Å². The Morgan fingerprint density at radius 3 is 0.500 bits per heavy atom. The molecule has 0 aliphatic carbocycles. The number of ether oxygens (including phenoxy) is 6. The molecule has 0 saturated heterocycles. The van der Waals surface area contributed by atoms with Crippen LogP contribution in [0.2, 0.25) is 0 Å². The maximum atomic E-state index is 5.70. The Kier molecular flexibility index (Phi) is 46.5. The zero-order chi connectivity index (χ0) is 34.5. The summed E-state index contributed by atoms with van der Waals surface area (Å²) in [4.78, 5) is 0. The Balaban J connectivity index is 3.04. The SMILES string of the molecule is CCCCCCCCCCCCCCCCOCCOCCOCCOCCOCCOCCCCCCCCCCCCCCCC. The third-order valence-corrected chi connectivity index (χ3v) is 9.14. The van der Waals surface area contributed by atoms with Gasteiger partial charge in [-0.25, -0.2) is 0 Å². The van der Waals surface area contributed by atoms with E-state index in [0.29, 0.717) is 66.1 Å². The number of hydrogen-bond acceptors (Lipinski definition) is 6. The lowest BCUT2D eigenvalue weighted by molar-refractivity contribution is -0.0169. The van der Waals surface area contributed by atoms with Crippen LogP contribution in [0.3, 0.4) is 0 Å². The van der Waals surface area contributed by atoms with E-state index in [9.17, 15) is 0 Å². The van der Waals surface area contributed by atoms with Crippen molar-refractivity contribution >= 4 is 0 Å². The van der Waals surface area contributed by atoms with Gasteiger partial charge >= 0.3 is 0 Å². The van der Waals surface area contributed by atoms with E-state index in [2.05, 4.69) is 13.8 Å². The number of rotatable bonds is 45. The third kappa shape index (κ3) is 45.8. The molecule has 48 heavy (non-hydrogen) atoms. The minimum Gasteiger partial charge on any atom is -0.379 e. The summed E-state index contributed by atoms with van der Waals surface area (Å²) in [5, 5.41) is 0. The van der Waals surface area contributed by atoms with Gasteiger partial charge in [0.1, 0.15) is 0 Å². The molecule has 0 bridgehead atoms. The molecule has 0 unspecified atom stereocenters. The Hall–Kier alpha value is -0.240. The average molecular weight is 687 g/mol. The summed E-state index contributed by atoms with van der Waals surface area (Å²) in [6, 6.07) is 0. The van der Waals surface area contributed by atoms with Gasteiger partial charge in [0.2, 0.25) is 0 Å². The molecular weight excluding hydrogens is 600 g/mol. The topological polar surface area (TPSA) is 55.4 Å². The monoisotopic (exact) mass is 687 g/mol. The first-order valence-corrected chi connectivity index (χ1v) is 21.4. The summed E-state index contributed by atoms with van der Waals surface area (Å²) in [6.45, 7) is 12.5. The van der Waals surface area contributed by atoms with Gasteiger partial charge in [-0.15, -0.1) is 0 Å². The van der Waals surface area contributed by atoms with Crippen LogP contribution in [0.25, 0.3) is 0 Å². The first-order valence-electron chi connectivity index (χ1n) is 21.4. The standard InChI is InChI=1S/C42H86O6/c1-3-5-7-9-11-13-15-17-19-21-23-25-27-29-31-43-33-35-45-37-39-47-41-42-48-40-38-46-36-34-44-32-30-28-26-24-22-20-18-16-14-12-10-8-6-4-2/h3-42H2,1-2H3. The third-order valence-electron chi connectivity index (χ3n) is 9.14. The Labute approximate surface area is 300 Å². The highest BCUT2D eigenvalue weighted by Crippen LogP contribution is 2.14. The van der Waals surface area contributed by atoms with Crippen LogP contribution in [0.4, 0.5) is 0 Å². The molecule has 0 N–H and O–H groups in total. The summed E-state index contributed by atoms with van der Waals surface area (Å²) in [5.74, 6) is 0. The lowest BCUT2D eigenvalue weighted by Gasteiger charge is -2.08. The first kappa shape index (κ1) is 47.8. The lowest BCUT2D eigenvalue weighted by atomic mass is 10.0. The maximum absolute atomic E-state index is 5.70. The molecule has 0 aromatic carbocycles. The highest BCUT2D eigenvalue weighted by Gasteiger charge is 1.98.